The van der Waals surface area contributed by atoms with Crippen molar-refractivity contribution in [2.45, 2.75) is 53.4 Å². The van der Waals surface area contributed by atoms with Crippen molar-refractivity contribution >= 4 is 35.8 Å². The molecule has 0 unspecified atom stereocenters. The summed E-state index contributed by atoms with van der Waals surface area (Å²) in [6, 6.07) is 10.1. The van der Waals surface area contributed by atoms with Crippen LogP contribution in [0.1, 0.15) is 56.2 Å². The third kappa shape index (κ3) is 11.7. The van der Waals surface area contributed by atoms with Crippen LogP contribution >= 0.6 is 0 Å². The predicted octanol–water partition coefficient (Wildman–Crippen LogP) is 5.06. The molecule has 4 heteroatoms. The average molecular weight is 472 g/mol. The first kappa shape index (κ1) is 27.7. The molecule has 0 atom stereocenters. The predicted molar refractivity (Wildman–Crippen MR) is 115 cm³/mol. The van der Waals surface area contributed by atoms with Gasteiger partial charge in [-0.1, -0.05) is 95.0 Å². The Hall–Kier alpha value is -1.49. The number of nitrogens with zero attached hydrogens (tertiary/aromatic N) is 1. The fraction of sp³-hybridized carbons (Fsp3) is 0.348. The number of para-hydroxylation sites is 1. The van der Waals surface area contributed by atoms with Gasteiger partial charge in [0.2, 0.25) is 0 Å². The summed E-state index contributed by atoms with van der Waals surface area (Å²) in [4.78, 5) is 4.12. The average Bonchev–Trinajstić information content (AvgIpc) is 2.65. The molecule has 0 aromatic heterocycles. The van der Waals surface area contributed by atoms with Gasteiger partial charge < -0.3 is 10.2 Å². The number of benzene rings is 2. The van der Waals surface area contributed by atoms with Gasteiger partial charge in [-0.05, 0) is 31.0 Å². The Labute approximate surface area is 182 Å². The van der Waals surface area contributed by atoms with Crippen LogP contribution in [-0.4, -0.2) is 30.1 Å². The number of aliphatic imine (C=N–C) groups is 1. The number of aryl methyl sites for hydroxylation is 2. The summed E-state index contributed by atoms with van der Waals surface area (Å²) in [5.41, 5.74) is 2.50. The van der Waals surface area contributed by atoms with Crippen LogP contribution in [0.15, 0.2) is 41.4 Å². The molecule has 0 aliphatic rings. The summed E-state index contributed by atoms with van der Waals surface area (Å²) in [6.45, 7) is 15.1. The van der Waals surface area contributed by atoms with Gasteiger partial charge in [-0.2, -0.15) is 0 Å². The zero-order valence-electron chi connectivity index (χ0n) is 17.0. The minimum Gasteiger partial charge on any atom is -0.872 e. The van der Waals surface area contributed by atoms with Crippen molar-refractivity contribution in [2.75, 3.05) is 0 Å². The van der Waals surface area contributed by atoms with Gasteiger partial charge in [0, 0.05) is 6.21 Å². The molecule has 0 spiro atoms. The maximum absolute atomic E-state index is 11.8. The number of hydrogen-bond acceptors (Lipinski definition) is 3. The second-order valence-corrected chi connectivity index (χ2v) is 5.93. The van der Waals surface area contributed by atoms with Crippen molar-refractivity contribution in [1.82, 2.24) is 0 Å². The summed E-state index contributed by atoms with van der Waals surface area (Å²) in [6.07, 6.45) is 6.00. The van der Waals surface area contributed by atoms with Crippen molar-refractivity contribution in [2.24, 2.45) is 4.99 Å². The molecular weight excluding hydrogens is 441 g/mol. The molecule has 27 heavy (non-hydrogen) atoms. The summed E-state index contributed by atoms with van der Waals surface area (Å²) >= 11 is 0. The zero-order chi connectivity index (χ0) is 19.9. The minimum absolute atomic E-state index is 0. The van der Waals surface area contributed by atoms with Crippen molar-refractivity contribution in [3.8, 4) is 11.5 Å². The van der Waals surface area contributed by atoms with E-state index in [9.17, 15) is 10.2 Å². The zero-order valence-corrected chi connectivity index (χ0v) is 19.9. The Morgan fingerprint density at radius 3 is 1.96 bits per heavy atom. The van der Waals surface area contributed by atoms with Gasteiger partial charge in [0.05, 0.1) is 5.69 Å². The standard InChI is InChI=1S/C15H15NO2.2C4H9.Sn/c1-10-7-11(2)15(18)13(8-10)16-9-12-5-3-4-6-14(12)17;2*1-3-4-2;/h3-9,17-18H,1-2H3;2*1,3-4H2,2H3;/q;;;+2/p-2. The number of unbranched alkanes of at least 4 members (excludes halogenated alkanes) is 2. The molecule has 3 nitrogen and oxygen atoms in total. The van der Waals surface area contributed by atoms with Gasteiger partial charge >= 0.3 is 23.9 Å². The molecule has 4 radical (unpaired) electrons. The monoisotopic (exact) mass is 473 g/mol. The third-order valence-corrected chi connectivity index (χ3v) is 3.37. The Balaban J connectivity index is 0. The van der Waals surface area contributed by atoms with E-state index in [1.54, 1.807) is 31.2 Å². The van der Waals surface area contributed by atoms with E-state index < -0.39 is 0 Å². The van der Waals surface area contributed by atoms with Gasteiger partial charge in [0.25, 0.3) is 0 Å². The topological polar surface area (TPSA) is 58.5 Å². The Bertz CT molecular complexity index is 661. The van der Waals surface area contributed by atoms with Crippen LogP contribution in [0, 0.1) is 27.7 Å². The van der Waals surface area contributed by atoms with Crippen LogP contribution in [-0.2, 0) is 0 Å². The maximum atomic E-state index is 11.8. The van der Waals surface area contributed by atoms with Crippen molar-refractivity contribution in [3.05, 3.63) is 66.9 Å². The van der Waals surface area contributed by atoms with Gasteiger partial charge in [0.1, 0.15) is 0 Å². The van der Waals surface area contributed by atoms with Crippen molar-refractivity contribution in [1.29, 1.82) is 0 Å². The van der Waals surface area contributed by atoms with E-state index in [0.717, 1.165) is 18.4 Å². The SMILES string of the molecule is Cc1cc(C)c([O-])c(N=Cc2ccccc2[O-])c1.[CH2]CCC.[CH2]CCC.[Sn+2]. The molecule has 0 fully saturated rings. The molecule has 0 saturated carbocycles. The summed E-state index contributed by atoms with van der Waals surface area (Å²) in [7, 11) is 0. The fourth-order valence-corrected chi connectivity index (χ4v) is 1.75. The van der Waals surface area contributed by atoms with Crippen LogP contribution in [0.25, 0.3) is 0 Å². The maximum Gasteiger partial charge on any atom is 2.00 e. The largest absolute Gasteiger partial charge is 2.00 e. The Morgan fingerprint density at radius 2 is 1.48 bits per heavy atom. The molecule has 0 aliphatic carbocycles. The Kier molecular flexibility index (Phi) is 17.1. The van der Waals surface area contributed by atoms with Gasteiger partial charge in [0.15, 0.2) is 0 Å². The van der Waals surface area contributed by atoms with E-state index in [1.165, 1.54) is 25.1 Å². The molecule has 2 rings (SSSR count). The first-order valence-corrected chi connectivity index (χ1v) is 9.07. The molecule has 144 valence electrons. The van der Waals surface area contributed by atoms with Gasteiger partial charge in [-0.15, -0.1) is 5.75 Å². The summed E-state index contributed by atoms with van der Waals surface area (Å²) in [5.74, 6) is -0.196. The van der Waals surface area contributed by atoms with Crippen LogP contribution < -0.4 is 10.2 Å². The first-order valence-electron chi connectivity index (χ1n) is 9.07. The van der Waals surface area contributed by atoms with E-state index in [-0.39, 0.29) is 35.4 Å². The normalized spacial score (nSPS) is 9.56. The first-order chi connectivity index (χ1) is 12.4. The molecule has 0 heterocycles. The van der Waals surface area contributed by atoms with E-state index in [4.69, 9.17) is 0 Å². The van der Waals surface area contributed by atoms with Crippen LogP contribution in [0.3, 0.4) is 0 Å². The second-order valence-electron chi connectivity index (χ2n) is 5.93. The molecule has 0 aliphatic heterocycles. The fourth-order valence-electron chi connectivity index (χ4n) is 1.75. The van der Waals surface area contributed by atoms with Crippen LogP contribution in [0.4, 0.5) is 5.69 Å². The van der Waals surface area contributed by atoms with Crippen molar-refractivity contribution < 1.29 is 10.2 Å². The quantitative estimate of drug-likeness (QED) is 0.462. The Morgan fingerprint density at radius 1 is 0.963 bits per heavy atom. The second kappa shape index (κ2) is 16.7. The van der Waals surface area contributed by atoms with E-state index in [2.05, 4.69) is 32.7 Å². The van der Waals surface area contributed by atoms with E-state index >= 15 is 0 Å². The van der Waals surface area contributed by atoms with Gasteiger partial charge in [-0.25, -0.2) is 0 Å². The molecule has 2 aromatic rings. The molecule has 2 aromatic carbocycles. The summed E-state index contributed by atoms with van der Waals surface area (Å²) < 4.78 is 0. The van der Waals surface area contributed by atoms with Crippen LogP contribution in [0.2, 0.25) is 0 Å². The molecule has 0 amide bonds. The number of hydrogen-bond donors (Lipinski definition) is 0. The van der Waals surface area contributed by atoms with E-state index in [0.29, 0.717) is 16.8 Å². The molecule has 0 N–H and O–H groups in total. The smallest absolute Gasteiger partial charge is 0.872 e. The third-order valence-electron chi connectivity index (χ3n) is 3.37. The molecule has 0 saturated heterocycles. The summed E-state index contributed by atoms with van der Waals surface area (Å²) in [5, 5.41) is 23.3. The minimum atomic E-state index is -0.0990. The van der Waals surface area contributed by atoms with Gasteiger partial charge in [-0.3, -0.25) is 4.99 Å². The molecular formula is C23H31NO2Sn. The van der Waals surface area contributed by atoms with Crippen LogP contribution in [0.5, 0.6) is 11.5 Å². The molecule has 0 bridgehead atoms. The van der Waals surface area contributed by atoms with Crippen molar-refractivity contribution in [3.63, 3.8) is 0 Å². The van der Waals surface area contributed by atoms with E-state index in [1.807, 2.05) is 13.0 Å². The number of rotatable bonds is 4.